The van der Waals surface area contributed by atoms with Crippen LogP contribution in [0.5, 0.6) is 0 Å². The molecular formula is C17H28O2Si. The molecule has 0 unspecified atom stereocenters. The standard InChI is InChI=1S/C17H28O2Si/c1-7-16(19-20(5,6)17(2,3)4)14-18-13-15-11-9-8-10-12-15/h7-12,16H,1,13-14H2,2-6H3/t16-/m0/s1. The van der Waals surface area contributed by atoms with Crippen molar-refractivity contribution in [3.63, 3.8) is 0 Å². The molecule has 1 aromatic rings. The van der Waals surface area contributed by atoms with Gasteiger partial charge in [0.2, 0.25) is 0 Å². The molecule has 0 aliphatic heterocycles. The van der Waals surface area contributed by atoms with Gasteiger partial charge in [-0.05, 0) is 23.7 Å². The predicted octanol–water partition coefficient (Wildman–Crippen LogP) is 4.78. The van der Waals surface area contributed by atoms with Gasteiger partial charge in [-0.3, -0.25) is 0 Å². The molecule has 0 heterocycles. The van der Waals surface area contributed by atoms with Gasteiger partial charge in [-0.2, -0.15) is 0 Å². The van der Waals surface area contributed by atoms with Crippen molar-refractivity contribution in [3.05, 3.63) is 48.6 Å². The van der Waals surface area contributed by atoms with Crippen LogP contribution in [0.25, 0.3) is 0 Å². The minimum atomic E-state index is -1.77. The van der Waals surface area contributed by atoms with Crippen molar-refractivity contribution in [2.45, 2.75) is 51.6 Å². The maximum Gasteiger partial charge on any atom is 0.192 e. The molecule has 20 heavy (non-hydrogen) atoms. The van der Waals surface area contributed by atoms with Crippen molar-refractivity contribution in [1.29, 1.82) is 0 Å². The van der Waals surface area contributed by atoms with Crippen molar-refractivity contribution >= 4 is 8.32 Å². The van der Waals surface area contributed by atoms with E-state index in [0.717, 1.165) is 0 Å². The second kappa shape index (κ2) is 7.20. The number of hydrogen-bond donors (Lipinski definition) is 0. The second-order valence-corrected chi connectivity index (χ2v) is 11.4. The molecule has 0 aromatic heterocycles. The predicted molar refractivity (Wildman–Crippen MR) is 88.4 cm³/mol. The SMILES string of the molecule is C=C[C@@H](COCc1ccccc1)O[Si](C)(C)C(C)(C)C. The van der Waals surface area contributed by atoms with E-state index >= 15 is 0 Å². The summed E-state index contributed by atoms with van der Waals surface area (Å²) >= 11 is 0. The first-order valence-electron chi connectivity index (χ1n) is 7.18. The number of hydrogen-bond acceptors (Lipinski definition) is 2. The molecule has 1 atom stereocenters. The normalized spacial score (nSPS) is 14.1. The van der Waals surface area contributed by atoms with Crippen molar-refractivity contribution in [2.24, 2.45) is 0 Å². The molecule has 0 fully saturated rings. The summed E-state index contributed by atoms with van der Waals surface area (Å²) in [6, 6.07) is 10.2. The van der Waals surface area contributed by atoms with Gasteiger partial charge in [0.15, 0.2) is 8.32 Å². The average Bonchev–Trinajstić information content (AvgIpc) is 2.37. The zero-order valence-electron chi connectivity index (χ0n) is 13.5. The largest absolute Gasteiger partial charge is 0.408 e. The van der Waals surface area contributed by atoms with E-state index < -0.39 is 8.32 Å². The Balaban J connectivity index is 2.46. The summed E-state index contributed by atoms with van der Waals surface area (Å²) < 4.78 is 12.0. The van der Waals surface area contributed by atoms with E-state index in [-0.39, 0.29) is 11.1 Å². The highest BCUT2D eigenvalue weighted by molar-refractivity contribution is 6.74. The summed E-state index contributed by atoms with van der Waals surface area (Å²) in [5.41, 5.74) is 1.18. The molecule has 0 saturated carbocycles. The number of ether oxygens (including phenoxy) is 1. The van der Waals surface area contributed by atoms with Gasteiger partial charge in [0.05, 0.1) is 19.3 Å². The van der Waals surface area contributed by atoms with Gasteiger partial charge in [0, 0.05) is 0 Å². The maximum absolute atomic E-state index is 6.29. The first-order chi connectivity index (χ1) is 9.26. The molecule has 0 amide bonds. The van der Waals surface area contributed by atoms with Crippen LogP contribution in [0.15, 0.2) is 43.0 Å². The van der Waals surface area contributed by atoms with Crippen molar-refractivity contribution in [3.8, 4) is 0 Å². The third-order valence-corrected chi connectivity index (χ3v) is 8.41. The Kier molecular flexibility index (Phi) is 6.18. The zero-order valence-corrected chi connectivity index (χ0v) is 14.5. The lowest BCUT2D eigenvalue weighted by Gasteiger charge is -2.38. The molecule has 0 aliphatic carbocycles. The van der Waals surface area contributed by atoms with Gasteiger partial charge < -0.3 is 9.16 Å². The Hall–Kier alpha value is -0.903. The maximum atomic E-state index is 6.29. The lowest BCUT2D eigenvalue weighted by atomic mass is 10.2. The molecule has 0 bridgehead atoms. The van der Waals surface area contributed by atoms with Crippen molar-refractivity contribution < 1.29 is 9.16 Å². The van der Waals surface area contributed by atoms with Gasteiger partial charge >= 0.3 is 0 Å². The van der Waals surface area contributed by atoms with Crippen LogP contribution in [0.3, 0.4) is 0 Å². The van der Waals surface area contributed by atoms with E-state index in [0.29, 0.717) is 13.2 Å². The summed E-state index contributed by atoms with van der Waals surface area (Å²) in [6.45, 7) is 16.3. The highest BCUT2D eigenvalue weighted by Gasteiger charge is 2.38. The fourth-order valence-electron chi connectivity index (χ4n) is 1.57. The third kappa shape index (κ3) is 5.23. The molecule has 0 aliphatic rings. The first kappa shape index (κ1) is 17.1. The Labute approximate surface area is 124 Å². The molecule has 1 rings (SSSR count). The first-order valence-corrected chi connectivity index (χ1v) is 10.1. The Morgan fingerprint density at radius 3 is 2.30 bits per heavy atom. The summed E-state index contributed by atoms with van der Waals surface area (Å²) in [5, 5.41) is 0.202. The third-order valence-electron chi connectivity index (χ3n) is 3.91. The van der Waals surface area contributed by atoms with Gasteiger partial charge in [-0.15, -0.1) is 6.58 Å². The Bertz CT molecular complexity index is 407. The van der Waals surface area contributed by atoms with Gasteiger partial charge in [0.25, 0.3) is 0 Å². The van der Waals surface area contributed by atoms with E-state index in [9.17, 15) is 0 Å². The lowest BCUT2D eigenvalue weighted by Crippen LogP contribution is -2.44. The topological polar surface area (TPSA) is 18.5 Å². The van der Waals surface area contributed by atoms with Crippen LogP contribution in [-0.2, 0) is 15.8 Å². The minimum Gasteiger partial charge on any atom is -0.408 e. The van der Waals surface area contributed by atoms with Crippen LogP contribution < -0.4 is 0 Å². The smallest absolute Gasteiger partial charge is 0.192 e. The van der Waals surface area contributed by atoms with E-state index in [1.165, 1.54) is 5.56 Å². The summed E-state index contributed by atoms with van der Waals surface area (Å²) in [6.07, 6.45) is 1.82. The zero-order chi connectivity index (χ0) is 15.2. The van der Waals surface area contributed by atoms with E-state index in [4.69, 9.17) is 9.16 Å². The van der Waals surface area contributed by atoms with E-state index in [2.05, 4.69) is 52.6 Å². The van der Waals surface area contributed by atoms with Gasteiger partial charge in [0.1, 0.15) is 0 Å². The van der Waals surface area contributed by atoms with Crippen LogP contribution in [0.1, 0.15) is 26.3 Å². The van der Waals surface area contributed by atoms with Gasteiger partial charge in [-0.25, -0.2) is 0 Å². The summed E-state index contributed by atoms with van der Waals surface area (Å²) in [7, 11) is -1.77. The molecule has 112 valence electrons. The summed E-state index contributed by atoms with van der Waals surface area (Å²) in [5.74, 6) is 0. The molecule has 0 radical (unpaired) electrons. The molecule has 0 N–H and O–H groups in total. The summed E-state index contributed by atoms with van der Waals surface area (Å²) in [4.78, 5) is 0. The highest BCUT2D eigenvalue weighted by Crippen LogP contribution is 2.37. The van der Waals surface area contributed by atoms with Crippen LogP contribution in [0.2, 0.25) is 18.1 Å². The number of benzene rings is 1. The second-order valence-electron chi connectivity index (χ2n) is 6.65. The number of rotatable bonds is 7. The fourth-order valence-corrected chi connectivity index (χ4v) is 2.85. The molecule has 0 spiro atoms. The lowest BCUT2D eigenvalue weighted by molar-refractivity contribution is 0.0552. The molecule has 3 heteroatoms. The monoisotopic (exact) mass is 292 g/mol. The van der Waals surface area contributed by atoms with E-state index in [1.54, 1.807) is 0 Å². The molecule has 0 saturated heterocycles. The Morgan fingerprint density at radius 2 is 1.80 bits per heavy atom. The van der Waals surface area contributed by atoms with Crippen molar-refractivity contribution in [1.82, 2.24) is 0 Å². The van der Waals surface area contributed by atoms with Crippen LogP contribution in [-0.4, -0.2) is 21.0 Å². The molecule has 2 nitrogen and oxygen atoms in total. The molecule has 1 aromatic carbocycles. The van der Waals surface area contributed by atoms with Crippen LogP contribution >= 0.6 is 0 Å². The average molecular weight is 292 g/mol. The Morgan fingerprint density at radius 1 is 1.20 bits per heavy atom. The van der Waals surface area contributed by atoms with Gasteiger partial charge in [-0.1, -0.05) is 57.2 Å². The quantitative estimate of drug-likeness (QED) is 0.532. The minimum absolute atomic E-state index is 0.0281. The van der Waals surface area contributed by atoms with Crippen molar-refractivity contribution in [2.75, 3.05) is 6.61 Å². The highest BCUT2D eigenvalue weighted by atomic mass is 28.4. The molecular weight excluding hydrogens is 264 g/mol. The van der Waals surface area contributed by atoms with E-state index in [1.807, 2.05) is 24.3 Å². The van der Waals surface area contributed by atoms with Crippen LogP contribution in [0, 0.1) is 0 Å². The van der Waals surface area contributed by atoms with Crippen LogP contribution in [0.4, 0.5) is 0 Å². The fraction of sp³-hybridized carbons (Fsp3) is 0.529.